The largest absolute Gasteiger partial charge is 0.373 e. The maximum atomic E-state index is 12.9. The monoisotopic (exact) mass is 507 g/mol. The van der Waals surface area contributed by atoms with Gasteiger partial charge in [-0.2, -0.15) is 0 Å². The fraction of sp³-hybridized carbons (Fsp3) is 0.444. The number of piperazine rings is 1. The maximum absolute atomic E-state index is 12.9. The zero-order valence-corrected chi connectivity index (χ0v) is 22.5. The highest BCUT2D eigenvalue weighted by Crippen LogP contribution is 2.24. The second kappa shape index (κ2) is 10.4. The van der Waals surface area contributed by atoms with Gasteiger partial charge >= 0.3 is 11.9 Å². The second-order valence-corrected chi connectivity index (χ2v) is 11.0. The number of aliphatic hydroxyl groups is 1. The fourth-order valence-corrected chi connectivity index (χ4v) is 4.97. The van der Waals surface area contributed by atoms with Crippen LogP contribution in [0.4, 0.5) is 0 Å². The first-order chi connectivity index (χ1) is 17.1. The number of nitrogens with zero attached hydrogens (tertiary/aromatic N) is 6. The highest BCUT2D eigenvalue weighted by Gasteiger charge is 2.26. The van der Waals surface area contributed by atoms with Crippen molar-refractivity contribution >= 4 is 28.3 Å². The van der Waals surface area contributed by atoms with E-state index in [0.717, 1.165) is 54.2 Å². The van der Waals surface area contributed by atoms with Crippen LogP contribution in [0.5, 0.6) is 0 Å². The minimum atomic E-state index is -0.678. The number of hydrogen-bond donors (Lipinski definition) is 1. The van der Waals surface area contributed by atoms with Gasteiger partial charge in [0.2, 0.25) is 0 Å². The summed E-state index contributed by atoms with van der Waals surface area (Å²) in [7, 11) is 1.77. The van der Waals surface area contributed by atoms with Crippen molar-refractivity contribution in [3.8, 4) is 0 Å². The normalized spacial score (nSPS) is 16.6. The lowest BCUT2D eigenvalue weighted by molar-refractivity contribution is -0.202. The van der Waals surface area contributed by atoms with Crippen LogP contribution in [-0.4, -0.2) is 55.2 Å². The average molecular weight is 508 g/mol. The quantitative estimate of drug-likeness (QED) is 0.495. The number of aryl methyl sites for hydroxylation is 1. The zero-order chi connectivity index (χ0) is 26.0. The molecule has 0 bridgehead atoms. The number of fused-ring (bicyclic) bond motifs is 1. The molecular formula is C27H35N6O2S+. The fourth-order valence-electron chi connectivity index (χ4n) is 4.48. The van der Waals surface area contributed by atoms with Crippen LogP contribution in [0.25, 0.3) is 16.7 Å². The first kappa shape index (κ1) is 25.9. The van der Waals surface area contributed by atoms with Crippen LogP contribution in [0, 0.1) is 11.6 Å². The van der Waals surface area contributed by atoms with Crippen LogP contribution < -0.4 is 10.1 Å². The van der Waals surface area contributed by atoms with Crippen molar-refractivity contribution in [1.29, 1.82) is 0 Å². The molecule has 3 aromatic heterocycles. The lowest BCUT2D eigenvalue weighted by Gasteiger charge is -2.38. The van der Waals surface area contributed by atoms with Crippen molar-refractivity contribution in [1.82, 2.24) is 23.9 Å². The summed E-state index contributed by atoms with van der Waals surface area (Å²) in [5.41, 5.74) is 4.69. The van der Waals surface area contributed by atoms with E-state index >= 15 is 0 Å². The molecule has 0 saturated carbocycles. The zero-order valence-electron chi connectivity index (χ0n) is 21.7. The van der Waals surface area contributed by atoms with Crippen molar-refractivity contribution in [3.63, 3.8) is 0 Å². The Morgan fingerprint density at radius 2 is 2.03 bits per heavy atom. The number of imidazole rings is 1. The van der Waals surface area contributed by atoms with Gasteiger partial charge in [-0.3, -0.25) is 14.0 Å². The Balaban J connectivity index is 1.54. The molecule has 36 heavy (non-hydrogen) atoms. The van der Waals surface area contributed by atoms with E-state index in [4.69, 9.17) is 4.98 Å². The van der Waals surface area contributed by atoms with Gasteiger partial charge in [-0.1, -0.05) is 33.4 Å². The van der Waals surface area contributed by atoms with Crippen molar-refractivity contribution in [2.24, 2.45) is 12.5 Å². The summed E-state index contributed by atoms with van der Waals surface area (Å²) in [6.45, 7) is 16.3. The van der Waals surface area contributed by atoms with E-state index in [1.807, 2.05) is 41.5 Å². The molecule has 1 N–H and O–H groups in total. The second-order valence-electron chi connectivity index (χ2n) is 10.4. The summed E-state index contributed by atoms with van der Waals surface area (Å²) in [6.07, 6.45) is 8.31. The van der Waals surface area contributed by atoms with Gasteiger partial charge in [0.15, 0.2) is 5.65 Å². The Labute approximate surface area is 216 Å². The SMILES string of the molecule is C=C(C=C(C=CC)N1CCN(C(O)c2c#[n+]sc2)CC1)c1ccc2c(n1)n(C)c(=O)n2CC(C)(C)C. The minimum absolute atomic E-state index is 0.0244. The van der Waals surface area contributed by atoms with Crippen LogP contribution in [0.15, 0.2) is 52.8 Å². The third-order valence-corrected chi connectivity index (χ3v) is 6.87. The number of pyridine rings is 1. The molecule has 4 rings (SSSR count). The van der Waals surface area contributed by atoms with Gasteiger partial charge in [0.1, 0.15) is 11.8 Å². The van der Waals surface area contributed by atoms with Crippen molar-refractivity contribution in [2.45, 2.75) is 40.5 Å². The van der Waals surface area contributed by atoms with Crippen molar-refractivity contribution in [3.05, 3.63) is 76.0 Å². The highest BCUT2D eigenvalue weighted by molar-refractivity contribution is 6.99. The molecule has 4 heterocycles. The van der Waals surface area contributed by atoms with Gasteiger partial charge in [0, 0.05) is 49.8 Å². The number of aromatic nitrogens is 4. The third-order valence-electron chi connectivity index (χ3n) is 6.31. The molecule has 3 aromatic rings. The summed E-state index contributed by atoms with van der Waals surface area (Å²) >= 11 is 1.30. The van der Waals surface area contributed by atoms with Crippen molar-refractivity contribution < 1.29 is 9.48 Å². The molecule has 1 fully saturated rings. The maximum Gasteiger partial charge on any atom is 0.341 e. The predicted molar refractivity (Wildman–Crippen MR) is 143 cm³/mol. The molecule has 0 spiro atoms. The van der Waals surface area contributed by atoms with Gasteiger partial charge < -0.3 is 10.0 Å². The van der Waals surface area contributed by atoms with E-state index in [-0.39, 0.29) is 11.1 Å². The molecule has 1 unspecified atom stereocenters. The first-order valence-electron chi connectivity index (χ1n) is 12.2. The summed E-state index contributed by atoms with van der Waals surface area (Å²) in [4.78, 5) is 22.0. The smallest absolute Gasteiger partial charge is 0.341 e. The molecule has 0 amide bonds. The number of rotatable bonds is 7. The molecule has 0 aromatic carbocycles. The highest BCUT2D eigenvalue weighted by atomic mass is 32.1. The van der Waals surface area contributed by atoms with E-state index in [2.05, 4.69) is 48.9 Å². The van der Waals surface area contributed by atoms with Crippen LogP contribution in [0.1, 0.15) is 45.2 Å². The summed E-state index contributed by atoms with van der Waals surface area (Å²) in [5, 5.41) is 12.5. The van der Waals surface area contributed by atoms with Gasteiger partial charge in [-0.05, 0) is 42.2 Å². The van der Waals surface area contributed by atoms with Crippen molar-refractivity contribution in [2.75, 3.05) is 26.2 Å². The molecule has 8 nitrogen and oxygen atoms in total. The Hall–Kier alpha value is -3.19. The van der Waals surface area contributed by atoms with Gasteiger partial charge in [-0.25, -0.2) is 9.78 Å². The van der Waals surface area contributed by atoms with Gasteiger partial charge in [-0.15, -0.1) is 0 Å². The lowest BCUT2D eigenvalue weighted by Crippen LogP contribution is -2.46. The van der Waals surface area contributed by atoms with E-state index in [1.165, 1.54) is 11.5 Å². The summed E-state index contributed by atoms with van der Waals surface area (Å²) < 4.78 is 7.39. The minimum Gasteiger partial charge on any atom is -0.373 e. The van der Waals surface area contributed by atoms with E-state index in [0.29, 0.717) is 12.2 Å². The van der Waals surface area contributed by atoms with E-state index in [1.54, 1.807) is 16.2 Å². The molecule has 1 saturated heterocycles. The molecule has 1 aliphatic heterocycles. The Morgan fingerprint density at radius 3 is 2.64 bits per heavy atom. The van der Waals surface area contributed by atoms with Crippen LogP contribution in [0.2, 0.25) is 0 Å². The molecule has 0 aliphatic carbocycles. The average Bonchev–Trinajstić information content (AvgIpc) is 3.46. The Kier molecular flexibility index (Phi) is 7.50. The van der Waals surface area contributed by atoms with Crippen LogP contribution in [0.3, 0.4) is 0 Å². The molecule has 1 aliphatic rings. The number of hydrogen-bond acceptors (Lipinski definition) is 6. The predicted octanol–water partition coefficient (Wildman–Crippen LogP) is 3.02. The molecule has 0 radical (unpaired) electrons. The number of allylic oxidation sites excluding steroid dienone is 4. The summed E-state index contributed by atoms with van der Waals surface area (Å²) in [6, 6.07) is 3.91. The first-order valence-corrected chi connectivity index (χ1v) is 13.0. The molecule has 190 valence electrons. The van der Waals surface area contributed by atoms with E-state index < -0.39 is 6.23 Å². The Bertz CT molecular complexity index is 1330. The summed E-state index contributed by atoms with van der Waals surface area (Å²) in [5.74, 6) is 0. The van der Waals surface area contributed by atoms with E-state index in [9.17, 15) is 9.90 Å². The molecule has 1 atom stereocenters. The van der Waals surface area contributed by atoms with Gasteiger partial charge in [0.25, 0.3) is 11.5 Å². The van der Waals surface area contributed by atoms with Crippen LogP contribution in [-0.2, 0) is 13.6 Å². The lowest BCUT2D eigenvalue weighted by atomic mass is 9.97. The Morgan fingerprint density at radius 1 is 1.31 bits per heavy atom. The molecular weight excluding hydrogens is 472 g/mol. The standard InChI is InChI=1S/C27H35N6O2S/c1-7-8-21(31-11-13-32(14-12-31)25(34)20-16-28-36-17-20)15-19(2)22-9-10-23-24(29-22)30(6)26(35)33(23)18-27(3,4)5/h7-10,15,17,25,34H,2,11-14,18H2,1,3-6H3/q+1. The van der Waals surface area contributed by atoms with Gasteiger partial charge in [0.05, 0.1) is 16.6 Å². The topological polar surface area (TPSA) is 80.6 Å². The van der Waals surface area contributed by atoms with Crippen LogP contribution >= 0.6 is 11.5 Å². The molecule has 9 heteroatoms. The third kappa shape index (κ3) is 5.46. The number of aliphatic hydroxyl groups excluding tert-OH is 1.